The number of amides is 1. The normalized spacial score (nSPS) is 15.5. The van der Waals surface area contributed by atoms with Crippen LogP contribution in [0.5, 0.6) is 0 Å². The second kappa shape index (κ2) is 5.31. The fraction of sp³-hybridized carbons (Fsp3) is 0.667. The summed E-state index contributed by atoms with van der Waals surface area (Å²) in [6, 6.07) is 0. The van der Waals surface area contributed by atoms with Crippen molar-refractivity contribution in [1.82, 2.24) is 14.7 Å². The minimum absolute atomic E-state index is 0.124. The molecular formula is C12H20N4O. The highest BCUT2D eigenvalue weighted by molar-refractivity contribution is 5.95. The fourth-order valence-electron chi connectivity index (χ4n) is 2.21. The Morgan fingerprint density at radius 2 is 2.18 bits per heavy atom. The molecule has 1 fully saturated rings. The molecule has 1 amide bonds. The van der Waals surface area contributed by atoms with Gasteiger partial charge in [-0.1, -0.05) is 0 Å². The molecular weight excluding hydrogens is 216 g/mol. The van der Waals surface area contributed by atoms with E-state index in [0.717, 1.165) is 50.2 Å². The topological polar surface area (TPSA) is 64.2 Å². The van der Waals surface area contributed by atoms with E-state index in [9.17, 15) is 4.79 Å². The van der Waals surface area contributed by atoms with E-state index in [1.165, 1.54) is 0 Å². The highest BCUT2D eigenvalue weighted by Gasteiger charge is 2.22. The van der Waals surface area contributed by atoms with Gasteiger partial charge in [0.25, 0.3) is 5.91 Å². The number of carbonyl (C=O) groups excluding carboxylic acids is 1. The lowest BCUT2D eigenvalue weighted by molar-refractivity contribution is 0.0792. The molecule has 17 heavy (non-hydrogen) atoms. The molecule has 2 rings (SSSR count). The highest BCUT2D eigenvalue weighted by atomic mass is 16.2. The zero-order chi connectivity index (χ0) is 12.3. The van der Waals surface area contributed by atoms with Crippen LogP contribution in [-0.2, 0) is 6.54 Å². The Hall–Kier alpha value is -1.36. The number of hydrogen-bond donors (Lipinski definition) is 1. The third-order valence-corrected chi connectivity index (χ3v) is 3.30. The summed E-state index contributed by atoms with van der Waals surface area (Å²) in [5, 5.41) is 4.26. The zero-order valence-electron chi connectivity index (χ0n) is 10.4. The van der Waals surface area contributed by atoms with Gasteiger partial charge in [0.2, 0.25) is 0 Å². The van der Waals surface area contributed by atoms with Crippen molar-refractivity contribution in [2.24, 2.45) is 5.73 Å². The number of hydrogen-bond acceptors (Lipinski definition) is 3. The van der Waals surface area contributed by atoms with Crippen LogP contribution in [0.4, 0.5) is 0 Å². The maximum absolute atomic E-state index is 12.2. The predicted molar refractivity (Wildman–Crippen MR) is 65.8 cm³/mol. The standard InChI is InChI=1S/C12H20N4O/c1-10-11(9-14-16(10)8-4-5-13)12(17)15-6-2-3-7-15/h9H,2-8,13H2,1H3. The molecule has 1 aliphatic heterocycles. The number of likely N-dealkylation sites (tertiary alicyclic amines) is 1. The second-order valence-electron chi connectivity index (χ2n) is 4.51. The van der Waals surface area contributed by atoms with Gasteiger partial charge in [0.15, 0.2) is 0 Å². The summed E-state index contributed by atoms with van der Waals surface area (Å²) in [7, 11) is 0. The highest BCUT2D eigenvalue weighted by Crippen LogP contribution is 2.15. The minimum atomic E-state index is 0.124. The van der Waals surface area contributed by atoms with Gasteiger partial charge in [0.05, 0.1) is 11.8 Å². The molecule has 1 saturated heterocycles. The molecule has 0 saturated carbocycles. The van der Waals surface area contributed by atoms with E-state index in [2.05, 4.69) is 5.10 Å². The number of nitrogens with two attached hydrogens (primary N) is 1. The first-order valence-electron chi connectivity index (χ1n) is 6.26. The SMILES string of the molecule is Cc1c(C(=O)N2CCCC2)cnn1CCCN. The van der Waals surface area contributed by atoms with Crippen molar-refractivity contribution in [3.63, 3.8) is 0 Å². The summed E-state index contributed by atoms with van der Waals surface area (Å²) in [5.41, 5.74) is 7.17. The Labute approximate surface area is 102 Å². The Balaban J connectivity index is 2.10. The Kier molecular flexibility index (Phi) is 3.78. The van der Waals surface area contributed by atoms with Crippen molar-refractivity contribution in [3.05, 3.63) is 17.5 Å². The van der Waals surface area contributed by atoms with Crippen LogP contribution in [0.3, 0.4) is 0 Å². The van der Waals surface area contributed by atoms with Crippen LogP contribution in [0, 0.1) is 6.92 Å². The largest absolute Gasteiger partial charge is 0.339 e. The number of aryl methyl sites for hydroxylation is 1. The first-order chi connectivity index (χ1) is 8.24. The van der Waals surface area contributed by atoms with Crippen LogP contribution < -0.4 is 5.73 Å². The number of rotatable bonds is 4. The van der Waals surface area contributed by atoms with Gasteiger partial charge in [-0.2, -0.15) is 5.10 Å². The fourth-order valence-corrected chi connectivity index (χ4v) is 2.21. The Morgan fingerprint density at radius 1 is 1.47 bits per heavy atom. The van der Waals surface area contributed by atoms with Crippen LogP contribution in [-0.4, -0.2) is 40.2 Å². The van der Waals surface area contributed by atoms with E-state index in [0.29, 0.717) is 6.54 Å². The van der Waals surface area contributed by atoms with Crippen LogP contribution in [0.1, 0.15) is 35.3 Å². The van der Waals surface area contributed by atoms with Crippen LogP contribution in [0.2, 0.25) is 0 Å². The molecule has 2 N–H and O–H groups in total. The lowest BCUT2D eigenvalue weighted by atomic mass is 10.2. The van der Waals surface area contributed by atoms with E-state index in [4.69, 9.17) is 5.73 Å². The lowest BCUT2D eigenvalue weighted by Gasteiger charge is -2.14. The molecule has 0 bridgehead atoms. The zero-order valence-corrected chi connectivity index (χ0v) is 10.4. The van der Waals surface area contributed by atoms with E-state index in [1.54, 1.807) is 6.20 Å². The molecule has 1 aliphatic rings. The molecule has 1 aromatic heterocycles. The van der Waals surface area contributed by atoms with Gasteiger partial charge in [-0.05, 0) is 32.7 Å². The van der Waals surface area contributed by atoms with E-state index in [-0.39, 0.29) is 5.91 Å². The Bertz CT molecular complexity index is 393. The summed E-state index contributed by atoms with van der Waals surface area (Å²) < 4.78 is 1.87. The molecule has 0 radical (unpaired) electrons. The average molecular weight is 236 g/mol. The molecule has 0 aromatic carbocycles. The van der Waals surface area contributed by atoms with Crippen molar-refractivity contribution in [1.29, 1.82) is 0 Å². The molecule has 1 aromatic rings. The van der Waals surface area contributed by atoms with Crippen molar-refractivity contribution in [2.45, 2.75) is 32.7 Å². The molecule has 94 valence electrons. The Morgan fingerprint density at radius 3 is 2.82 bits per heavy atom. The third-order valence-electron chi connectivity index (χ3n) is 3.30. The number of aromatic nitrogens is 2. The van der Waals surface area contributed by atoms with Crippen molar-refractivity contribution in [3.8, 4) is 0 Å². The summed E-state index contributed by atoms with van der Waals surface area (Å²) in [5.74, 6) is 0.124. The molecule has 0 unspecified atom stereocenters. The van der Waals surface area contributed by atoms with E-state index >= 15 is 0 Å². The van der Waals surface area contributed by atoms with Crippen molar-refractivity contribution in [2.75, 3.05) is 19.6 Å². The van der Waals surface area contributed by atoms with Gasteiger partial charge in [0.1, 0.15) is 0 Å². The number of nitrogens with zero attached hydrogens (tertiary/aromatic N) is 3. The maximum atomic E-state index is 12.2. The molecule has 5 nitrogen and oxygen atoms in total. The quantitative estimate of drug-likeness (QED) is 0.840. The summed E-state index contributed by atoms with van der Waals surface area (Å²) >= 11 is 0. The maximum Gasteiger partial charge on any atom is 0.257 e. The van der Waals surface area contributed by atoms with Gasteiger partial charge in [0, 0.05) is 25.3 Å². The molecule has 0 spiro atoms. The van der Waals surface area contributed by atoms with Crippen LogP contribution >= 0.6 is 0 Å². The molecule has 2 heterocycles. The minimum Gasteiger partial charge on any atom is -0.339 e. The van der Waals surface area contributed by atoms with Crippen molar-refractivity contribution < 1.29 is 4.79 Å². The third kappa shape index (κ3) is 2.49. The van der Waals surface area contributed by atoms with Gasteiger partial charge in [-0.3, -0.25) is 9.48 Å². The van der Waals surface area contributed by atoms with Crippen LogP contribution in [0.25, 0.3) is 0 Å². The predicted octanol–water partition coefficient (Wildman–Crippen LogP) is 0.776. The van der Waals surface area contributed by atoms with Gasteiger partial charge in [-0.15, -0.1) is 0 Å². The van der Waals surface area contributed by atoms with Crippen LogP contribution in [0.15, 0.2) is 6.20 Å². The van der Waals surface area contributed by atoms with E-state index in [1.807, 2.05) is 16.5 Å². The van der Waals surface area contributed by atoms with Gasteiger partial charge < -0.3 is 10.6 Å². The van der Waals surface area contributed by atoms with E-state index < -0.39 is 0 Å². The summed E-state index contributed by atoms with van der Waals surface area (Å²) in [6.07, 6.45) is 4.81. The monoisotopic (exact) mass is 236 g/mol. The van der Waals surface area contributed by atoms with Crippen molar-refractivity contribution >= 4 is 5.91 Å². The first-order valence-corrected chi connectivity index (χ1v) is 6.26. The molecule has 0 atom stereocenters. The van der Waals surface area contributed by atoms with Gasteiger partial charge in [-0.25, -0.2) is 0 Å². The smallest absolute Gasteiger partial charge is 0.257 e. The number of carbonyl (C=O) groups is 1. The summed E-state index contributed by atoms with van der Waals surface area (Å²) in [4.78, 5) is 14.1. The second-order valence-corrected chi connectivity index (χ2v) is 4.51. The first kappa shape index (κ1) is 12.1. The average Bonchev–Trinajstić information content (AvgIpc) is 2.95. The van der Waals surface area contributed by atoms with Gasteiger partial charge >= 0.3 is 0 Å². The molecule has 0 aliphatic carbocycles. The molecule has 5 heteroatoms. The lowest BCUT2D eigenvalue weighted by Crippen LogP contribution is -2.28. The summed E-state index contributed by atoms with van der Waals surface area (Å²) in [6.45, 7) is 5.15.